The number of ether oxygens (including phenoxy) is 1. The van der Waals surface area contributed by atoms with Gasteiger partial charge in [0.1, 0.15) is 23.4 Å². The van der Waals surface area contributed by atoms with E-state index in [1.807, 2.05) is 0 Å². The molecular weight excluding hydrogens is 346 g/mol. The molecule has 0 radical (unpaired) electrons. The molecule has 3 rings (SSSR count). The Kier molecular flexibility index (Phi) is 4.40. The summed E-state index contributed by atoms with van der Waals surface area (Å²) in [5.74, 6) is -0.0621. The molecule has 2 aromatic heterocycles. The SMILES string of the molecule is CC(=O)Oc1ccc2occ(/C=N/c3cc(=O)[nH]c(=S)[nH]3)c(=O)c2c1. The van der Waals surface area contributed by atoms with Crippen molar-refractivity contribution in [3.63, 3.8) is 0 Å². The van der Waals surface area contributed by atoms with Gasteiger partial charge < -0.3 is 14.1 Å². The summed E-state index contributed by atoms with van der Waals surface area (Å²) >= 11 is 4.85. The Hall–Kier alpha value is -3.33. The molecule has 0 fully saturated rings. The zero-order valence-electron chi connectivity index (χ0n) is 12.9. The molecule has 1 aromatic carbocycles. The standard InChI is InChI=1S/C16H11N3O5S/c1-8(20)24-10-2-3-12-11(4-10)15(22)9(7-23-12)6-17-13-5-14(21)19-16(25)18-13/h2-7H,1H3,(H2,18,19,21,25)/b17-6+. The van der Waals surface area contributed by atoms with Gasteiger partial charge in [-0.15, -0.1) is 0 Å². The molecule has 3 aromatic rings. The molecule has 0 aliphatic carbocycles. The van der Waals surface area contributed by atoms with Crippen LogP contribution in [0.1, 0.15) is 12.5 Å². The fourth-order valence-electron chi connectivity index (χ4n) is 2.11. The number of H-pyrrole nitrogens is 2. The topological polar surface area (TPSA) is 118 Å². The van der Waals surface area contributed by atoms with Crippen molar-refractivity contribution in [1.82, 2.24) is 9.97 Å². The van der Waals surface area contributed by atoms with Crippen LogP contribution in [0.3, 0.4) is 0 Å². The lowest BCUT2D eigenvalue weighted by Gasteiger charge is -2.03. The van der Waals surface area contributed by atoms with Gasteiger partial charge in [-0.05, 0) is 30.4 Å². The number of aliphatic imine (C=N–C) groups is 1. The van der Waals surface area contributed by atoms with E-state index >= 15 is 0 Å². The smallest absolute Gasteiger partial charge is 0.308 e. The van der Waals surface area contributed by atoms with E-state index in [1.54, 1.807) is 0 Å². The second-order valence-electron chi connectivity index (χ2n) is 5.00. The van der Waals surface area contributed by atoms with Gasteiger partial charge in [-0.2, -0.15) is 0 Å². The monoisotopic (exact) mass is 357 g/mol. The van der Waals surface area contributed by atoms with Crippen molar-refractivity contribution in [2.75, 3.05) is 0 Å². The van der Waals surface area contributed by atoms with Crippen LogP contribution in [0.2, 0.25) is 0 Å². The summed E-state index contributed by atoms with van der Waals surface area (Å²) < 4.78 is 10.5. The van der Waals surface area contributed by atoms with Crippen LogP contribution in [-0.2, 0) is 4.79 Å². The van der Waals surface area contributed by atoms with Gasteiger partial charge >= 0.3 is 5.97 Å². The second-order valence-corrected chi connectivity index (χ2v) is 5.41. The predicted octanol–water partition coefficient (Wildman–Crippen LogP) is 2.21. The Morgan fingerprint density at radius 3 is 2.80 bits per heavy atom. The van der Waals surface area contributed by atoms with Gasteiger partial charge in [-0.25, -0.2) is 4.99 Å². The average molecular weight is 357 g/mol. The number of esters is 1. The highest BCUT2D eigenvalue weighted by Crippen LogP contribution is 2.19. The number of hydrogen-bond donors (Lipinski definition) is 2. The van der Waals surface area contributed by atoms with Crippen LogP contribution in [0, 0.1) is 4.77 Å². The molecule has 8 nitrogen and oxygen atoms in total. The van der Waals surface area contributed by atoms with Crippen LogP contribution in [0.4, 0.5) is 5.82 Å². The van der Waals surface area contributed by atoms with Crippen molar-refractivity contribution in [2.24, 2.45) is 4.99 Å². The number of nitrogens with one attached hydrogen (secondary N) is 2. The maximum atomic E-state index is 12.5. The molecular formula is C16H11N3O5S. The van der Waals surface area contributed by atoms with Crippen molar-refractivity contribution < 1.29 is 13.9 Å². The first kappa shape index (κ1) is 16.5. The predicted molar refractivity (Wildman–Crippen MR) is 93.3 cm³/mol. The third kappa shape index (κ3) is 3.78. The fourth-order valence-corrected chi connectivity index (χ4v) is 2.31. The Labute approximate surface area is 144 Å². The number of carbonyl (C=O) groups excluding carboxylic acids is 1. The van der Waals surface area contributed by atoms with E-state index in [1.165, 1.54) is 43.7 Å². The number of carbonyl (C=O) groups is 1. The number of aromatic nitrogens is 2. The van der Waals surface area contributed by atoms with Crippen LogP contribution < -0.4 is 15.7 Å². The summed E-state index contributed by atoms with van der Waals surface area (Å²) in [5.41, 5.74) is -0.268. The van der Waals surface area contributed by atoms with Crippen LogP contribution in [0.25, 0.3) is 11.0 Å². The Morgan fingerprint density at radius 2 is 2.08 bits per heavy atom. The lowest BCUT2D eigenvalue weighted by Crippen LogP contribution is -2.09. The number of benzene rings is 1. The molecule has 9 heteroatoms. The maximum Gasteiger partial charge on any atom is 0.308 e. The molecule has 0 bridgehead atoms. The zero-order valence-corrected chi connectivity index (χ0v) is 13.7. The average Bonchev–Trinajstić information content (AvgIpc) is 2.53. The maximum absolute atomic E-state index is 12.5. The van der Waals surface area contributed by atoms with Crippen molar-refractivity contribution in [3.8, 4) is 5.75 Å². The Bertz CT molecular complexity index is 1140. The van der Waals surface area contributed by atoms with Crippen molar-refractivity contribution >= 4 is 41.2 Å². The van der Waals surface area contributed by atoms with E-state index in [2.05, 4.69) is 15.0 Å². The molecule has 0 saturated carbocycles. The van der Waals surface area contributed by atoms with Gasteiger partial charge in [0.2, 0.25) is 5.43 Å². The number of aromatic amines is 2. The normalized spacial score (nSPS) is 11.1. The molecule has 0 unspecified atom stereocenters. The summed E-state index contributed by atoms with van der Waals surface area (Å²) in [4.78, 5) is 44.0. The quantitative estimate of drug-likeness (QED) is 0.321. The minimum atomic E-state index is -0.494. The minimum absolute atomic E-state index is 0.121. The van der Waals surface area contributed by atoms with E-state index in [0.717, 1.165) is 0 Å². The largest absolute Gasteiger partial charge is 0.463 e. The second kappa shape index (κ2) is 6.65. The molecule has 0 aliphatic rings. The number of rotatable bonds is 3. The van der Waals surface area contributed by atoms with Crippen LogP contribution in [0.15, 0.2) is 49.5 Å². The minimum Gasteiger partial charge on any atom is -0.463 e. The summed E-state index contributed by atoms with van der Waals surface area (Å²) in [7, 11) is 0. The first-order chi connectivity index (χ1) is 11.9. The van der Waals surface area contributed by atoms with E-state index in [9.17, 15) is 14.4 Å². The fraction of sp³-hybridized carbons (Fsp3) is 0.0625. The number of fused-ring (bicyclic) bond motifs is 1. The van der Waals surface area contributed by atoms with Gasteiger partial charge in [-0.1, -0.05) is 0 Å². The third-order valence-corrected chi connectivity index (χ3v) is 3.33. The molecule has 0 amide bonds. The molecule has 0 atom stereocenters. The molecule has 0 spiro atoms. The highest BCUT2D eigenvalue weighted by molar-refractivity contribution is 7.71. The highest BCUT2D eigenvalue weighted by atomic mass is 32.1. The van der Waals surface area contributed by atoms with E-state index in [-0.39, 0.29) is 32.7 Å². The summed E-state index contributed by atoms with van der Waals surface area (Å²) in [6.07, 6.45) is 2.51. The lowest BCUT2D eigenvalue weighted by atomic mass is 10.2. The lowest BCUT2D eigenvalue weighted by molar-refractivity contribution is -0.131. The van der Waals surface area contributed by atoms with Gasteiger partial charge in [0.05, 0.1) is 10.9 Å². The van der Waals surface area contributed by atoms with Gasteiger partial charge in [-0.3, -0.25) is 19.4 Å². The molecule has 2 heterocycles. The van der Waals surface area contributed by atoms with Gasteiger partial charge in [0.25, 0.3) is 5.56 Å². The first-order valence-electron chi connectivity index (χ1n) is 7.04. The number of nitrogens with zero attached hydrogens (tertiary/aromatic N) is 1. The van der Waals surface area contributed by atoms with Crippen LogP contribution in [-0.4, -0.2) is 22.2 Å². The van der Waals surface area contributed by atoms with Crippen LogP contribution >= 0.6 is 12.2 Å². The summed E-state index contributed by atoms with van der Waals surface area (Å²) in [6, 6.07) is 5.68. The van der Waals surface area contributed by atoms with Crippen molar-refractivity contribution in [1.29, 1.82) is 0 Å². The van der Waals surface area contributed by atoms with E-state index < -0.39 is 11.5 Å². The number of hydrogen-bond acceptors (Lipinski definition) is 7. The zero-order chi connectivity index (χ0) is 18.0. The summed E-state index contributed by atoms with van der Waals surface area (Å²) in [5, 5.41) is 0.238. The Morgan fingerprint density at radius 1 is 1.28 bits per heavy atom. The highest BCUT2D eigenvalue weighted by Gasteiger charge is 2.08. The molecule has 126 valence electrons. The molecule has 0 saturated heterocycles. The van der Waals surface area contributed by atoms with E-state index in [4.69, 9.17) is 21.4 Å². The molecule has 2 N–H and O–H groups in total. The molecule has 0 aliphatic heterocycles. The van der Waals surface area contributed by atoms with Gasteiger partial charge in [0.15, 0.2) is 4.77 Å². The summed E-state index contributed by atoms with van der Waals surface area (Å²) in [6.45, 7) is 1.27. The first-order valence-corrected chi connectivity index (χ1v) is 7.45. The van der Waals surface area contributed by atoms with Gasteiger partial charge in [0, 0.05) is 19.2 Å². The van der Waals surface area contributed by atoms with Crippen molar-refractivity contribution in [2.45, 2.75) is 6.92 Å². The molecule has 25 heavy (non-hydrogen) atoms. The Balaban J connectivity index is 2.04. The van der Waals surface area contributed by atoms with Crippen molar-refractivity contribution in [3.05, 3.63) is 61.4 Å². The third-order valence-electron chi connectivity index (χ3n) is 3.12. The van der Waals surface area contributed by atoms with E-state index in [0.29, 0.717) is 5.58 Å². The van der Waals surface area contributed by atoms with Crippen LogP contribution in [0.5, 0.6) is 5.75 Å².